The molecule has 0 unspecified atom stereocenters. The Hall–Kier alpha value is -2.40. The summed E-state index contributed by atoms with van der Waals surface area (Å²) in [7, 11) is 0. The maximum Gasteiger partial charge on any atom is 0.242 e. The van der Waals surface area contributed by atoms with Gasteiger partial charge in [0, 0.05) is 18.4 Å². The molecule has 0 radical (unpaired) electrons. The van der Waals surface area contributed by atoms with Crippen LogP contribution in [0.15, 0.2) is 36.5 Å². The highest BCUT2D eigenvalue weighted by molar-refractivity contribution is 5.47. The number of aryl methyl sites for hydroxylation is 2. The van der Waals surface area contributed by atoms with E-state index in [9.17, 15) is 0 Å². The number of aromatic nitrogens is 3. The van der Waals surface area contributed by atoms with Crippen molar-refractivity contribution < 1.29 is 4.74 Å². The van der Waals surface area contributed by atoms with Crippen molar-refractivity contribution in [3.05, 3.63) is 53.6 Å². The molecular weight excluding hydrogens is 264 g/mol. The summed E-state index contributed by atoms with van der Waals surface area (Å²) in [6.45, 7) is 4.39. The molecule has 3 heterocycles. The lowest BCUT2D eigenvalue weighted by atomic mass is 10.2. The Morgan fingerprint density at radius 2 is 2.05 bits per heavy atom. The molecule has 0 aliphatic rings. The second-order valence-corrected chi connectivity index (χ2v) is 4.85. The van der Waals surface area contributed by atoms with E-state index in [-0.39, 0.29) is 0 Å². The average Bonchev–Trinajstić information content (AvgIpc) is 2.86. The van der Waals surface area contributed by atoms with Gasteiger partial charge >= 0.3 is 0 Å². The number of nitrogens with two attached hydrogens (primary N) is 1. The highest BCUT2D eigenvalue weighted by Gasteiger charge is 2.14. The minimum atomic E-state index is 0.362. The fraction of sp³-hybridized carbons (Fsp3) is 0.250. The highest BCUT2D eigenvalue weighted by atomic mass is 16.5. The molecule has 5 heteroatoms. The molecule has 0 aliphatic carbocycles. The number of ether oxygens (including phenoxy) is 1. The molecule has 3 rings (SSSR count). The van der Waals surface area contributed by atoms with Crippen molar-refractivity contribution in [3.8, 4) is 11.6 Å². The van der Waals surface area contributed by atoms with Crippen LogP contribution in [0.25, 0.3) is 5.65 Å². The average molecular weight is 282 g/mol. The number of imidazole rings is 1. The van der Waals surface area contributed by atoms with Crippen LogP contribution >= 0.6 is 0 Å². The first-order valence-corrected chi connectivity index (χ1v) is 7.03. The quantitative estimate of drug-likeness (QED) is 0.799. The maximum absolute atomic E-state index is 5.99. The molecule has 0 saturated carbocycles. The van der Waals surface area contributed by atoms with Gasteiger partial charge in [-0.05, 0) is 37.6 Å². The number of nitrogens with zero attached hydrogens (tertiary/aromatic N) is 3. The van der Waals surface area contributed by atoms with Gasteiger partial charge in [-0.15, -0.1) is 0 Å². The third kappa shape index (κ3) is 2.48. The Balaban J connectivity index is 2.06. The predicted octanol–water partition coefficient (Wildman–Crippen LogP) is 2.85. The number of fused-ring (bicyclic) bond motifs is 1. The van der Waals surface area contributed by atoms with Crippen molar-refractivity contribution in [3.63, 3.8) is 0 Å². The zero-order valence-electron chi connectivity index (χ0n) is 12.2. The molecule has 3 aromatic heterocycles. The van der Waals surface area contributed by atoms with Gasteiger partial charge in [-0.3, -0.25) is 9.38 Å². The van der Waals surface area contributed by atoms with E-state index in [1.807, 2.05) is 47.9 Å². The summed E-state index contributed by atoms with van der Waals surface area (Å²) < 4.78 is 7.93. The third-order valence-electron chi connectivity index (χ3n) is 3.40. The van der Waals surface area contributed by atoms with Gasteiger partial charge in [-0.25, -0.2) is 0 Å². The first kappa shape index (κ1) is 13.6. The summed E-state index contributed by atoms with van der Waals surface area (Å²) in [6.07, 6.45) is 2.74. The first-order valence-electron chi connectivity index (χ1n) is 7.03. The van der Waals surface area contributed by atoms with E-state index in [1.54, 1.807) is 0 Å². The number of pyridine rings is 2. The maximum atomic E-state index is 5.99. The SMILES string of the molecule is CCc1nc(C)ccc1Oc1nc2ccccn2c1CN. The highest BCUT2D eigenvalue weighted by Crippen LogP contribution is 2.28. The number of rotatable bonds is 4. The zero-order chi connectivity index (χ0) is 14.8. The summed E-state index contributed by atoms with van der Waals surface area (Å²) in [5, 5.41) is 0. The minimum absolute atomic E-state index is 0.362. The van der Waals surface area contributed by atoms with Crippen LogP contribution < -0.4 is 10.5 Å². The molecule has 0 aromatic carbocycles. The van der Waals surface area contributed by atoms with Gasteiger partial charge in [0.25, 0.3) is 0 Å². The van der Waals surface area contributed by atoms with E-state index in [1.165, 1.54) is 0 Å². The van der Waals surface area contributed by atoms with Crippen LogP contribution in [-0.2, 0) is 13.0 Å². The topological polar surface area (TPSA) is 65.4 Å². The molecule has 0 amide bonds. The van der Waals surface area contributed by atoms with Crippen molar-refractivity contribution in [2.75, 3.05) is 0 Å². The van der Waals surface area contributed by atoms with Gasteiger partial charge in [-0.1, -0.05) is 13.0 Å². The molecule has 5 nitrogen and oxygen atoms in total. The normalized spacial score (nSPS) is 11.0. The summed E-state index contributed by atoms with van der Waals surface area (Å²) in [4.78, 5) is 9.02. The first-order chi connectivity index (χ1) is 10.2. The van der Waals surface area contributed by atoms with Crippen LogP contribution in [0.2, 0.25) is 0 Å². The van der Waals surface area contributed by atoms with Crippen molar-refractivity contribution in [1.82, 2.24) is 14.4 Å². The fourth-order valence-electron chi connectivity index (χ4n) is 2.34. The monoisotopic (exact) mass is 282 g/mol. The van der Waals surface area contributed by atoms with Gasteiger partial charge in [-0.2, -0.15) is 4.98 Å². The summed E-state index contributed by atoms with van der Waals surface area (Å²) >= 11 is 0. The lowest BCUT2D eigenvalue weighted by molar-refractivity contribution is 0.450. The van der Waals surface area contributed by atoms with Crippen molar-refractivity contribution in [1.29, 1.82) is 0 Å². The fourth-order valence-corrected chi connectivity index (χ4v) is 2.34. The molecule has 108 valence electrons. The van der Waals surface area contributed by atoms with Crippen LogP contribution in [0.5, 0.6) is 11.6 Å². The summed E-state index contributed by atoms with van der Waals surface area (Å²) in [6, 6.07) is 9.69. The van der Waals surface area contributed by atoms with E-state index in [0.717, 1.165) is 34.9 Å². The van der Waals surface area contributed by atoms with Gasteiger partial charge < -0.3 is 10.5 Å². The second kappa shape index (κ2) is 5.54. The minimum Gasteiger partial charge on any atom is -0.435 e. The van der Waals surface area contributed by atoms with E-state index in [0.29, 0.717) is 12.4 Å². The Morgan fingerprint density at radius 1 is 1.19 bits per heavy atom. The van der Waals surface area contributed by atoms with Crippen LogP contribution in [0, 0.1) is 6.92 Å². The molecule has 3 aromatic rings. The van der Waals surface area contributed by atoms with Gasteiger partial charge in [0.2, 0.25) is 5.88 Å². The second-order valence-electron chi connectivity index (χ2n) is 4.85. The van der Waals surface area contributed by atoms with Gasteiger partial charge in [0.05, 0.1) is 5.69 Å². The van der Waals surface area contributed by atoms with Gasteiger partial charge in [0.1, 0.15) is 11.3 Å². The smallest absolute Gasteiger partial charge is 0.242 e. The predicted molar refractivity (Wildman–Crippen MR) is 81.5 cm³/mol. The Kier molecular flexibility index (Phi) is 3.58. The number of hydrogen-bond acceptors (Lipinski definition) is 4. The molecule has 2 N–H and O–H groups in total. The summed E-state index contributed by atoms with van der Waals surface area (Å²) in [5.41, 5.74) is 9.44. The molecule has 0 saturated heterocycles. The van der Waals surface area contributed by atoms with E-state index < -0.39 is 0 Å². The van der Waals surface area contributed by atoms with Crippen LogP contribution in [0.3, 0.4) is 0 Å². The van der Waals surface area contributed by atoms with Crippen LogP contribution in [0.4, 0.5) is 0 Å². The van der Waals surface area contributed by atoms with E-state index in [4.69, 9.17) is 10.5 Å². The Labute approximate surface area is 123 Å². The summed E-state index contributed by atoms with van der Waals surface area (Å²) in [5.74, 6) is 1.28. The standard InChI is InChI=1S/C16H18N4O/c1-3-12-14(8-7-11(2)18-12)21-16-13(10-17)20-9-5-4-6-15(20)19-16/h4-9H,3,10,17H2,1-2H3. The molecule has 0 spiro atoms. The van der Waals surface area contributed by atoms with Crippen LogP contribution in [-0.4, -0.2) is 14.4 Å². The third-order valence-corrected chi connectivity index (χ3v) is 3.40. The molecule has 0 atom stereocenters. The van der Waals surface area contributed by atoms with E-state index in [2.05, 4.69) is 16.9 Å². The number of hydrogen-bond donors (Lipinski definition) is 1. The molecule has 21 heavy (non-hydrogen) atoms. The lowest BCUT2D eigenvalue weighted by Gasteiger charge is -2.09. The van der Waals surface area contributed by atoms with E-state index >= 15 is 0 Å². The Morgan fingerprint density at radius 3 is 2.81 bits per heavy atom. The molecule has 0 fully saturated rings. The zero-order valence-corrected chi connectivity index (χ0v) is 12.2. The molecule has 0 aliphatic heterocycles. The Bertz CT molecular complexity index is 779. The van der Waals surface area contributed by atoms with Crippen molar-refractivity contribution in [2.24, 2.45) is 5.73 Å². The largest absolute Gasteiger partial charge is 0.435 e. The molecule has 0 bridgehead atoms. The lowest BCUT2D eigenvalue weighted by Crippen LogP contribution is -2.03. The van der Waals surface area contributed by atoms with Crippen molar-refractivity contribution >= 4 is 5.65 Å². The van der Waals surface area contributed by atoms with Crippen LogP contribution in [0.1, 0.15) is 24.0 Å². The molecular formula is C16H18N4O. The van der Waals surface area contributed by atoms with Gasteiger partial charge in [0.15, 0.2) is 5.75 Å². The van der Waals surface area contributed by atoms with Crippen molar-refractivity contribution in [2.45, 2.75) is 26.8 Å².